The van der Waals surface area contributed by atoms with E-state index in [1.807, 2.05) is 7.11 Å². The predicted octanol–water partition coefficient (Wildman–Crippen LogP) is 0.977. The van der Waals surface area contributed by atoms with Crippen LogP contribution in [0, 0.1) is 0 Å². The van der Waals surface area contributed by atoms with E-state index < -0.39 is 0 Å². The number of rotatable bonds is 3. The molecule has 0 aromatic carbocycles. The molecule has 0 radical (unpaired) electrons. The van der Waals surface area contributed by atoms with E-state index in [9.17, 15) is 0 Å². The van der Waals surface area contributed by atoms with Gasteiger partial charge in [0, 0.05) is 25.7 Å². The Morgan fingerprint density at radius 3 is 2.79 bits per heavy atom. The Bertz CT molecular complexity index is 180. The summed E-state index contributed by atoms with van der Waals surface area (Å²) in [6.07, 6.45) is 6.95. The molecule has 2 rings (SSSR count). The van der Waals surface area contributed by atoms with E-state index in [0.29, 0.717) is 12.1 Å². The summed E-state index contributed by atoms with van der Waals surface area (Å²) in [5.41, 5.74) is 5.80. The average Bonchev–Trinajstić information content (AvgIpc) is 2.17. The van der Waals surface area contributed by atoms with Crippen LogP contribution < -0.4 is 5.73 Å². The Morgan fingerprint density at radius 1 is 1.36 bits per heavy atom. The zero-order valence-electron chi connectivity index (χ0n) is 9.11. The fraction of sp³-hybridized carbons (Fsp3) is 1.00. The molecule has 0 aromatic heterocycles. The molecule has 1 heterocycles. The molecule has 14 heavy (non-hydrogen) atoms. The third-order valence-electron chi connectivity index (χ3n) is 3.82. The first-order chi connectivity index (χ1) is 6.85. The lowest BCUT2D eigenvalue weighted by Crippen LogP contribution is -2.55. The molecule has 2 N–H and O–H groups in total. The van der Waals surface area contributed by atoms with Crippen LogP contribution >= 0.6 is 0 Å². The summed E-state index contributed by atoms with van der Waals surface area (Å²) in [5, 5.41) is 0. The summed E-state index contributed by atoms with van der Waals surface area (Å²) in [4.78, 5) is 2.62. The first kappa shape index (κ1) is 10.4. The molecule has 0 amide bonds. The van der Waals surface area contributed by atoms with Crippen LogP contribution in [0.15, 0.2) is 0 Å². The number of likely N-dealkylation sites (tertiary alicyclic amines) is 1. The minimum Gasteiger partial charge on any atom is -0.381 e. The third kappa shape index (κ3) is 1.95. The number of hydrogen-bond acceptors (Lipinski definition) is 3. The van der Waals surface area contributed by atoms with Gasteiger partial charge >= 0.3 is 0 Å². The van der Waals surface area contributed by atoms with Crippen molar-refractivity contribution in [3.63, 3.8) is 0 Å². The van der Waals surface area contributed by atoms with Gasteiger partial charge in [0.15, 0.2) is 0 Å². The zero-order valence-corrected chi connectivity index (χ0v) is 9.11. The number of nitrogens with two attached hydrogens (primary N) is 1. The molecule has 82 valence electrons. The molecule has 1 saturated carbocycles. The number of piperidine rings is 1. The van der Waals surface area contributed by atoms with Crippen molar-refractivity contribution in [2.75, 3.05) is 20.2 Å². The Hall–Kier alpha value is -0.120. The lowest BCUT2D eigenvalue weighted by atomic mass is 9.85. The quantitative estimate of drug-likeness (QED) is 0.734. The second-order valence-electron chi connectivity index (χ2n) is 4.61. The van der Waals surface area contributed by atoms with Gasteiger partial charge in [-0.2, -0.15) is 0 Å². The van der Waals surface area contributed by atoms with Crippen molar-refractivity contribution >= 4 is 0 Å². The molecule has 1 unspecified atom stereocenters. The monoisotopic (exact) mass is 198 g/mol. The van der Waals surface area contributed by atoms with Gasteiger partial charge in [0.2, 0.25) is 0 Å². The SMILES string of the molecule is COC1CC(N2CCCCC2CN)C1. The molecular weight excluding hydrogens is 176 g/mol. The Kier molecular flexibility index (Phi) is 3.42. The summed E-state index contributed by atoms with van der Waals surface area (Å²) >= 11 is 0. The fourth-order valence-corrected chi connectivity index (χ4v) is 2.76. The number of hydrogen-bond donors (Lipinski definition) is 1. The summed E-state index contributed by atoms with van der Waals surface area (Å²) in [6, 6.07) is 1.40. The maximum absolute atomic E-state index is 5.80. The first-order valence-electron chi connectivity index (χ1n) is 5.83. The maximum Gasteiger partial charge on any atom is 0.0601 e. The predicted molar refractivity (Wildman–Crippen MR) is 57.2 cm³/mol. The molecule has 0 aromatic rings. The van der Waals surface area contributed by atoms with E-state index >= 15 is 0 Å². The van der Waals surface area contributed by atoms with Crippen molar-refractivity contribution in [2.24, 2.45) is 5.73 Å². The van der Waals surface area contributed by atoms with Crippen molar-refractivity contribution in [2.45, 2.75) is 50.3 Å². The van der Waals surface area contributed by atoms with Crippen LogP contribution in [0.25, 0.3) is 0 Å². The van der Waals surface area contributed by atoms with Crippen molar-refractivity contribution in [1.82, 2.24) is 4.90 Å². The number of methoxy groups -OCH3 is 1. The average molecular weight is 198 g/mol. The minimum atomic E-state index is 0.514. The summed E-state index contributed by atoms with van der Waals surface area (Å²) in [5.74, 6) is 0. The van der Waals surface area contributed by atoms with Gasteiger partial charge < -0.3 is 10.5 Å². The van der Waals surface area contributed by atoms with Crippen molar-refractivity contribution in [1.29, 1.82) is 0 Å². The molecule has 1 aliphatic heterocycles. The van der Waals surface area contributed by atoms with Gasteiger partial charge in [-0.3, -0.25) is 4.90 Å². The van der Waals surface area contributed by atoms with Gasteiger partial charge in [0.1, 0.15) is 0 Å². The van der Waals surface area contributed by atoms with E-state index in [4.69, 9.17) is 10.5 Å². The summed E-state index contributed by atoms with van der Waals surface area (Å²) in [6.45, 7) is 2.08. The van der Waals surface area contributed by atoms with Gasteiger partial charge in [0.25, 0.3) is 0 Å². The van der Waals surface area contributed by atoms with Crippen LogP contribution in [0.3, 0.4) is 0 Å². The Labute approximate surface area is 86.6 Å². The van der Waals surface area contributed by atoms with Gasteiger partial charge in [-0.15, -0.1) is 0 Å². The second kappa shape index (κ2) is 4.60. The second-order valence-corrected chi connectivity index (χ2v) is 4.61. The molecule has 1 saturated heterocycles. The van der Waals surface area contributed by atoms with Crippen molar-refractivity contribution in [3.05, 3.63) is 0 Å². The van der Waals surface area contributed by atoms with Crippen LogP contribution in [0.4, 0.5) is 0 Å². The fourth-order valence-electron chi connectivity index (χ4n) is 2.76. The minimum absolute atomic E-state index is 0.514. The van der Waals surface area contributed by atoms with Crippen LogP contribution in [0.5, 0.6) is 0 Å². The van der Waals surface area contributed by atoms with E-state index in [0.717, 1.165) is 12.6 Å². The van der Waals surface area contributed by atoms with E-state index in [1.54, 1.807) is 0 Å². The standard InChI is InChI=1S/C11H22N2O/c1-14-11-6-10(7-11)13-5-3-2-4-9(13)8-12/h9-11H,2-8,12H2,1H3. The highest BCUT2D eigenvalue weighted by atomic mass is 16.5. The molecule has 0 spiro atoms. The van der Waals surface area contributed by atoms with Crippen molar-refractivity contribution in [3.8, 4) is 0 Å². The van der Waals surface area contributed by atoms with Crippen LogP contribution in [0.1, 0.15) is 32.1 Å². The molecule has 2 fully saturated rings. The molecule has 3 nitrogen and oxygen atoms in total. The van der Waals surface area contributed by atoms with Crippen LogP contribution in [0.2, 0.25) is 0 Å². The normalized spacial score (nSPS) is 39.4. The lowest BCUT2D eigenvalue weighted by molar-refractivity contribution is -0.0478. The van der Waals surface area contributed by atoms with E-state index in [2.05, 4.69) is 4.90 Å². The van der Waals surface area contributed by atoms with Crippen LogP contribution in [-0.4, -0.2) is 43.3 Å². The van der Waals surface area contributed by atoms with Gasteiger partial charge in [0.05, 0.1) is 6.10 Å². The highest BCUT2D eigenvalue weighted by Crippen LogP contribution is 2.32. The molecule has 2 aliphatic rings. The number of ether oxygens (including phenoxy) is 1. The molecule has 0 bridgehead atoms. The van der Waals surface area contributed by atoms with Gasteiger partial charge in [-0.05, 0) is 32.2 Å². The Balaban J connectivity index is 1.83. The summed E-state index contributed by atoms with van der Waals surface area (Å²) < 4.78 is 5.32. The molecule has 3 heteroatoms. The highest BCUT2D eigenvalue weighted by Gasteiger charge is 2.37. The van der Waals surface area contributed by atoms with Gasteiger partial charge in [-0.25, -0.2) is 0 Å². The Morgan fingerprint density at radius 2 is 2.14 bits per heavy atom. The first-order valence-corrected chi connectivity index (χ1v) is 5.83. The van der Waals surface area contributed by atoms with Gasteiger partial charge in [-0.1, -0.05) is 6.42 Å². The lowest BCUT2D eigenvalue weighted by Gasteiger charge is -2.47. The molecule has 1 atom stereocenters. The largest absolute Gasteiger partial charge is 0.381 e. The van der Waals surface area contributed by atoms with Crippen molar-refractivity contribution < 1.29 is 4.74 Å². The molecular formula is C11H22N2O. The summed E-state index contributed by atoms with van der Waals surface area (Å²) in [7, 11) is 1.82. The van der Waals surface area contributed by atoms with Crippen LogP contribution in [-0.2, 0) is 4.74 Å². The topological polar surface area (TPSA) is 38.5 Å². The molecule has 1 aliphatic carbocycles. The number of nitrogens with zero attached hydrogens (tertiary/aromatic N) is 1. The zero-order chi connectivity index (χ0) is 9.97. The maximum atomic E-state index is 5.80. The third-order valence-corrected chi connectivity index (χ3v) is 3.82. The smallest absolute Gasteiger partial charge is 0.0601 e. The van der Waals surface area contributed by atoms with E-state index in [-0.39, 0.29) is 0 Å². The van der Waals surface area contributed by atoms with E-state index in [1.165, 1.54) is 38.6 Å². The highest BCUT2D eigenvalue weighted by molar-refractivity contribution is 4.92.